The Kier molecular flexibility index (Phi) is 3.12. The highest BCUT2D eigenvalue weighted by molar-refractivity contribution is 6.00. The summed E-state index contributed by atoms with van der Waals surface area (Å²) in [5.74, 6) is 1.77. The first kappa shape index (κ1) is 12.4. The van der Waals surface area contributed by atoms with E-state index in [9.17, 15) is 4.79 Å². The molecule has 2 aliphatic heterocycles. The minimum atomic E-state index is 0.144. The van der Waals surface area contributed by atoms with Crippen LogP contribution in [-0.4, -0.2) is 35.5 Å². The first-order chi connectivity index (χ1) is 9.20. The second kappa shape index (κ2) is 4.79. The minimum absolute atomic E-state index is 0.144. The summed E-state index contributed by atoms with van der Waals surface area (Å²) in [7, 11) is 0. The van der Waals surface area contributed by atoms with Crippen molar-refractivity contribution in [2.45, 2.75) is 39.5 Å². The van der Waals surface area contributed by atoms with E-state index in [-0.39, 0.29) is 5.91 Å². The van der Waals surface area contributed by atoms with Crippen LogP contribution in [0.5, 0.6) is 0 Å². The zero-order valence-corrected chi connectivity index (χ0v) is 11.6. The molecular weight excluding hydrogens is 240 g/mol. The molecule has 0 spiro atoms. The Morgan fingerprint density at radius 1 is 1.16 bits per heavy atom. The summed E-state index contributed by atoms with van der Waals surface area (Å²) in [5.41, 5.74) is 1.96. The topological polar surface area (TPSA) is 49.3 Å². The van der Waals surface area contributed by atoms with Crippen molar-refractivity contribution in [3.05, 3.63) is 11.3 Å². The molecule has 19 heavy (non-hydrogen) atoms. The van der Waals surface area contributed by atoms with Gasteiger partial charge in [-0.05, 0) is 33.1 Å². The number of rotatable bonds is 2. The number of hydrogen-bond donors (Lipinski definition) is 0. The molecule has 3 heterocycles. The van der Waals surface area contributed by atoms with Gasteiger partial charge in [-0.15, -0.1) is 0 Å². The van der Waals surface area contributed by atoms with Gasteiger partial charge in [0.05, 0.1) is 6.42 Å². The van der Waals surface area contributed by atoms with Crippen LogP contribution >= 0.6 is 0 Å². The van der Waals surface area contributed by atoms with Gasteiger partial charge < -0.3 is 4.90 Å². The molecule has 0 bridgehead atoms. The number of likely N-dealkylation sites (N-methyl/N-ethyl adjacent to an activating group) is 1. The maximum Gasteiger partial charge on any atom is 0.232 e. The van der Waals surface area contributed by atoms with Crippen LogP contribution in [0.3, 0.4) is 0 Å². The van der Waals surface area contributed by atoms with Gasteiger partial charge in [0.25, 0.3) is 0 Å². The third kappa shape index (κ3) is 2.07. The summed E-state index contributed by atoms with van der Waals surface area (Å²) in [6, 6.07) is 0. The van der Waals surface area contributed by atoms with Gasteiger partial charge in [-0.25, -0.2) is 4.98 Å². The summed E-state index contributed by atoms with van der Waals surface area (Å²) in [4.78, 5) is 25.2. The number of carbonyl (C=O) groups excluding carboxylic acids is 1. The fourth-order valence-electron chi connectivity index (χ4n) is 2.92. The second-order valence-corrected chi connectivity index (χ2v) is 5.27. The Labute approximate surface area is 113 Å². The van der Waals surface area contributed by atoms with Crippen LogP contribution in [0.15, 0.2) is 0 Å². The lowest BCUT2D eigenvalue weighted by atomic mass is 10.1. The van der Waals surface area contributed by atoms with E-state index in [2.05, 4.69) is 14.9 Å². The van der Waals surface area contributed by atoms with E-state index < -0.39 is 0 Å². The first-order valence-corrected chi connectivity index (χ1v) is 7.13. The molecule has 0 aliphatic carbocycles. The molecule has 1 aromatic heterocycles. The highest BCUT2D eigenvalue weighted by Crippen LogP contribution is 2.30. The van der Waals surface area contributed by atoms with Crippen molar-refractivity contribution < 1.29 is 4.79 Å². The van der Waals surface area contributed by atoms with Crippen LogP contribution in [0.2, 0.25) is 0 Å². The van der Waals surface area contributed by atoms with Gasteiger partial charge in [-0.1, -0.05) is 0 Å². The lowest BCUT2D eigenvalue weighted by molar-refractivity contribution is -0.117. The number of amides is 1. The lowest BCUT2D eigenvalue weighted by Gasteiger charge is -2.27. The van der Waals surface area contributed by atoms with Crippen molar-refractivity contribution in [1.29, 1.82) is 0 Å². The third-order valence-electron chi connectivity index (χ3n) is 4.02. The van der Waals surface area contributed by atoms with Gasteiger partial charge in [-0.2, -0.15) is 4.98 Å². The van der Waals surface area contributed by atoms with Gasteiger partial charge in [0.15, 0.2) is 0 Å². The van der Waals surface area contributed by atoms with Gasteiger partial charge in [0.1, 0.15) is 5.82 Å². The van der Waals surface area contributed by atoms with Crippen LogP contribution in [0.4, 0.5) is 11.8 Å². The molecule has 1 fully saturated rings. The number of nitrogens with zero attached hydrogens (tertiary/aromatic N) is 4. The largest absolute Gasteiger partial charge is 0.341 e. The normalized spacial score (nSPS) is 18.9. The fraction of sp³-hybridized carbons (Fsp3) is 0.643. The molecule has 0 atom stereocenters. The van der Waals surface area contributed by atoms with Crippen molar-refractivity contribution in [1.82, 2.24) is 9.97 Å². The van der Waals surface area contributed by atoms with Gasteiger partial charge in [0.2, 0.25) is 11.9 Å². The predicted molar refractivity (Wildman–Crippen MR) is 74.6 cm³/mol. The summed E-state index contributed by atoms with van der Waals surface area (Å²) in [6.45, 7) is 6.71. The van der Waals surface area contributed by atoms with E-state index in [1.54, 1.807) is 4.90 Å². The van der Waals surface area contributed by atoms with E-state index in [4.69, 9.17) is 0 Å². The molecule has 102 valence electrons. The van der Waals surface area contributed by atoms with Crippen LogP contribution in [0.25, 0.3) is 0 Å². The van der Waals surface area contributed by atoms with Gasteiger partial charge in [-0.3, -0.25) is 9.69 Å². The smallest absolute Gasteiger partial charge is 0.232 e. The third-order valence-corrected chi connectivity index (χ3v) is 4.02. The highest BCUT2D eigenvalue weighted by atomic mass is 16.2. The summed E-state index contributed by atoms with van der Waals surface area (Å²) in [6.07, 6.45) is 4.15. The zero-order chi connectivity index (χ0) is 13.4. The standard InChI is InChI=1S/C14H20N4O/c1-3-18-12(19)9-11-10(2)15-14(16-13(11)18)17-7-5-4-6-8-17/h3-9H2,1-2H3. The average Bonchev–Trinajstić information content (AvgIpc) is 2.76. The van der Waals surface area contributed by atoms with Crippen LogP contribution in [0.1, 0.15) is 37.4 Å². The Hall–Kier alpha value is -1.65. The average molecular weight is 260 g/mol. The number of aromatic nitrogens is 2. The first-order valence-electron chi connectivity index (χ1n) is 7.13. The van der Waals surface area contributed by atoms with Crippen molar-refractivity contribution in [2.75, 3.05) is 29.4 Å². The summed E-state index contributed by atoms with van der Waals surface area (Å²) >= 11 is 0. The Morgan fingerprint density at radius 3 is 2.58 bits per heavy atom. The number of hydrogen-bond acceptors (Lipinski definition) is 4. The molecule has 0 unspecified atom stereocenters. The molecule has 5 heteroatoms. The van der Waals surface area contributed by atoms with Crippen molar-refractivity contribution >= 4 is 17.7 Å². The van der Waals surface area contributed by atoms with Gasteiger partial charge >= 0.3 is 0 Å². The predicted octanol–water partition coefficient (Wildman–Crippen LogP) is 1.68. The molecule has 0 radical (unpaired) electrons. The summed E-state index contributed by atoms with van der Waals surface area (Å²) in [5, 5.41) is 0. The van der Waals surface area contributed by atoms with E-state index in [1.807, 2.05) is 13.8 Å². The molecular formula is C14H20N4O. The molecule has 0 aromatic carbocycles. The monoisotopic (exact) mass is 260 g/mol. The summed E-state index contributed by atoms with van der Waals surface area (Å²) < 4.78 is 0. The van der Waals surface area contributed by atoms with E-state index in [1.165, 1.54) is 19.3 Å². The van der Waals surface area contributed by atoms with E-state index in [0.29, 0.717) is 13.0 Å². The zero-order valence-electron chi connectivity index (χ0n) is 11.6. The Balaban J connectivity index is 1.98. The lowest BCUT2D eigenvalue weighted by Crippen LogP contribution is -2.32. The van der Waals surface area contributed by atoms with Crippen molar-refractivity contribution in [3.63, 3.8) is 0 Å². The number of piperidine rings is 1. The van der Waals surface area contributed by atoms with E-state index in [0.717, 1.165) is 36.1 Å². The van der Waals surface area contributed by atoms with E-state index >= 15 is 0 Å². The molecule has 3 rings (SSSR count). The molecule has 1 amide bonds. The van der Waals surface area contributed by atoms with Crippen LogP contribution in [0, 0.1) is 6.92 Å². The Bertz CT molecular complexity index is 508. The number of anilines is 2. The SMILES string of the molecule is CCN1C(=O)Cc2c(C)nc(N3CCCCC3)nc21. The molecule has 0 saturated carbocycles. The van der Waals surface area contributed by atoms with Gasteiger partial charge in [0, 0.05) is 30.9 Å². The molecule has 0 N–H and O–H groups in total. The van der Waals surface area contributed by atoms with Crippen LogP contribution < -0.4 is 9.80 Å². The molecule has 1 aromatic rings. The van der Waals surface area contributed by atoms with Crippen molar-refractivity contribution in [3.8, 4) is 0 Å². The fourth-order valence-corrected chi connectivity index (χ4v) is 2.92. The quantitative estimate of drug-likeness (QED) is 0.812. The molecule has 5 nitrogen and oxygen atoms in total. The number of carbonyl (C=O) groups is 1. The van der Waals surface area contributed by atoms with Crippen LogP contribution in [-0.2, 0) is 11.2 Å². The maximum absolute atomic E-state index is 11.9. The Morgan fingerprint density at radius 2 is 1.89 bits per heavy atom. The molecule has 2 aliphatic rings. The second-order valence-electron chi connectivity index (χ2n) is 5.27. The number of fused-ring (bicyclic) bond motifs is 1. The molecule has 1 saturated heterocycles. The van der Waals surface area contributed by atoms with Crippen molar-refractivity contribution in [2.24, 2.45) is 0 Å². The number of aryl methyl sites for hydroxylation is 1. The maximum atomic E-state index is 11.9. The highest BCUT2D eigenvalue weighted by Gasteiger charge is 2.31. The minimum Gasteiger partial charge on any atom is -0.341 e.